The molecule has 4 heterocycles. The van der Waals surface area contributed by atoms with Crippen LogP contribution in [0, 0.1) is 6.85 Å². The summed E-state index contributed by atoms with van der Waals surface area (Å²) in [6.07, 6.45) is 0.725. The van der Waals surface area contributed by atoms with Crippen LogP contribution in [0.4, 0.5) is 0 Å². The lowest BCUT2D eigenvalue weighted by Gasteiger charge is -2.28. The van der Waals surface area contributed by atoms with Crippen LogP contribution in [0.1, 0.15) is 76.2 Å². The van der Waals surface area contributed by atoms with E-state index in [4.69, 9.17) is 23.5 Å². The van der Waals surface area contributed by atoms with E-state index < -0.39 is 30.4 Å². The van der Waals surface area contributed by atoms with Crippen LogP contribution in [0.25, 0.3) is 78.0 Å². The zero-order chi connectivity index (χ0) is 55.3. The summed E-state index contributed by atoms with van der Waals surface area (Å²) >= 11 is 0. The van der Waals surface area contributed by atoms with Crippen LogP contribution in [0.5, 0.6) is 0 Å². The molecule has 7 aromatic carbocycles. The molecule has 0 saturated carbocycles. The molecule has 4 heteroatoms. The van der Waals surface area contributed by atoms with Crippen LogP contribution in [0.2, 0.25) is 0 Å². The lowest BCUT2D eigenvalue weighted by Crippen LogP contribution is -2.23. The summed E-state index contributed by atoms with van der Waals surface area (Å²) in [7, 11) is 0. The van der Waals surface area contributed by atoms with Gasteiger partial charge in [-0.1, -0.05) is 179 Å². The number of rotatable bonds is 14. The van der Waals surface area contributed by atoms with E-state index in [9.17, 15) is 5.48 Å². The van der Waals surface area contributed by atoms with Crippen molar-refractivity contribution in [2.24, 2.45) is 0 Å². The minimum Gasteiger partial charge on any atom is -0.456 e. The maximum atomic E-state index is 10.1. The van der Waals surface area contributed by atoms with Gasteiger partial charge in [-0.2, -0.15) is 0 Å². The molecule has 0 aliphatic rings. The molecule has 0 fully saturated rings. The predicted octanol–water partition coefficient (Wildman–Crippen LogP) is 17.2. The molecule has 72 heavy (non-hydrogen) atoms. The van der Waals surface area contributed by atoms with Crippen molar-refractivity contribution < 1.29 is 14.0 Å². The Kier molecular flexibility index (Phi) is 10.5. The quantitative estimate of drug-likeness (QED) is 0.109. The van der Waals surface area contributed by atoms with Crippen molar-refractivity contribution in [3.05, 3.63) is 258 Å². The zero-order valence-electron chi connectivity index (χ0n) is 47.9. The van der Waals surface area contributed by atoms with E-state index in [1.54, 1.807) is 36.4 Å². The van der Waals surface area contributed by atoms with E-state index in [1.807, 2.05) is 134 Å². The van der Waals surface area contributed by atoms with Gasteiger partial charge in [0.25, 0.3) is 0 Å². The Morgan fingerprint density at radius 3 is 1.57 bits per heavy atom. The van der Waals surface area contributed by atoms with Crippen LogP contribution in [-0.2, 0) is 36.4 Å². The van der Waals surface area contributed by atoms with Gasteiger partial charge in [-0.25, -0.2) is 0 Å². The largest absolute Gasteiger partial charge is 0.456 e. The molecule has 0 N–H and O–H groups in total. The van der Waals surface area contributed by atoms with E-state index in [2.05, 4.69) is 64.1 Å². The molecule has 0 bridgehead atoms. The number of aryl methyl sites for hydroxylation is 3. The van der Waals surface area contributed by atoms with Crippen molar-refractivity contribution in [3.8, 4) is 56.0 Å². The summed E-state index contributed by atoms with van der Waals surface area (Å²) in [5.74, 6) is 0. The lowest BCUT2D eigenvalue weighted by atomic mass is 9.77. The van der Waals surface area contributed by atoms with Crippen molar-refractivity contribution in [1.82, 2.24) is 15.0 Å². The van der Waals surface area contributed by atoms with E-state index in [-0.39, 0.29) is 27.8 Å². The Morgan fingerprint density at radius 2 is 0.972 bits per heavy atom. The Morgan fingerprint density at radius 1 is 0.417 bits per heavy atom. The maximum Gasteiger partial charge on any atom is 0.136 e. The summed E-state index contributed by atoms with van der Waals surface area (Å²) in [4.78, 5) is 14.6. The summed E-state index contributed by atoms with van der Waals surface area (Å²) in [6, 6.07) is 64.3. The SMILES string of the molecule is [2H]C([2H])([2H])c1ccccc1-c1cc(-c2ccc3oc4cc(-c5ccccc5)ccc4c3c2)ncc1C([2H])([2H])C([2H])([2H])c1cc(CC(C)(C)c2ccc(-c3ccccc3)nc2)cc(CC(C)(C)c2ccc(-c3ccccc3)nc2)c1. The highest BCUT2D eigenvalue weighted by molar-refractivity contribution is 6.07. The van der Waals surface area contributed by atoms with Crippen LogP contribution in [0.15, 0.2) is 223 Å². The summed E-state index contributed by atoms with van der Waals surface area (Å²) < 4.78 is 72.6. The lowest BCUT2D eigenvalue weighted by molar-refractivity contribution is 0.512. The third-order valence-electron chi connectivity index (χ3n) is 13.9. The summed E-state index contributed by atoms with van der Waals surface area (Å²) in [5.41, 5.74) is 11.7. The van der Waals surface area contributed by atoms with Gasteiger partial charge >= 0.3 is 0 Å². The molecule has 0 unspecified atom stereocenters. The van der Waals surface area contributed by atoms with Gasteiger partial charge in [-0.05, 0) is 153 Å². The normalized spacial score (nSPS) is 13.9. The van der Waals surface area contributed by atoms with E-state index >= 15 is 0 Å². The molecule has 0 spiro atoms. The van der Waals surface area contributed by atoms with Gasteiger partial charge in [-0.3, -0.25) is 15.0 Å². The minimum atomic E-state index is -2.77. The number of hydrogen-bond donors (Lipinski definition) is 0. The van der Waals surface area contributed by atoms with E-state index in [0.29, 0.717) is 29.7 Å². The standard InChI is InChI=1S/C68H59N3O/c1-46-17-15-16-24-58(46)60-40-64(54-28-34-65-61(38-54)59-31-27-53(39-66(59)72-65)50-18-9-6-10-19-50)69-43-55(60)26-25-47-35-48(41-67(2,3)56-29-32-62(70-44-56)51-20-11-7-12-21-51)37-49(36-47)42-68(4,5)57-30-33-63(71-45-57)52-22-13-8-14-23-52/h6-24,27-40,43-45H,25-26,41-42H2,1-5H3/i1D3,25D2,26D2. The van der Waals surface area contributed by atoms with Crippen molar-refractivity contribution in [2.45, 2.75) is 71.0 Å². The van der Waals surface area contributed by atoms with Crippen molar-refractivity contribution in [1.29, 1.82) is 0 Å². The molecule has 0 amide bonds. The summed E-state index contributed by atoms with van der Waals surface area (Å²) in [6.45, 7) is 6.01. The third kappa shape index (κ3) is 9.78. The average molecular weight is 941 g/mol. The first-order valence-electron chi connectivity index (χ1n) is 28.1. The van der Waals surface area contributed by atoms with Gasteiger partial charge < -0.3 is 4.42 Å². The number of pyridine rings is 3. The third-order valence-corrected chi connectivity index (χ3v) is 13.9. The molecule has 352 valence electrons. The molecular formula is C68H59N3O. The second-order valence-electron chi connectivity index (χ2n) is 20.1. The average Bonchev–Trinajstić information content (AvgIpc) is 4.00. The minimum absolute atomic E-state index is 0.0154. The maximum absolute atomic E-state index is 10.1. The monoisotopic (exact) mass is 941 g/mol. The molecule has 0 saturated heterocycles. The van der Waals surface area contributed by atoms with Crippen LogP contribution in [0.3, 0.4) is 0 Å². The number of fused-ring (bicyclic) bond motifs is 3. The molecule has 0 atom stereocenters. The molecule has 11 aromatic rings. The highest BCUT2D eigenvalue weighted by Crippen LogP contribution is 2.38. The fourth-order valence-corrected chi connectivity index (χ4v) is 9.95. The van der Waals surface area contributed by atoms with Crippen LogP contribution < -0.4 is 0 Å². The number of furan rings is 1. The first-order chi connectivity index (χ1) is 37.7. The zero-order valence-corrected chi connectivity index (χ0v) is 40.9. The highest BCUT2D eigenvalue weighted by Gasteiger charge is 2.26. The Balaban J connectivity index is 1.00. The van der Waals surface area contributed by atoms with Gasteiger partial charge in [0.15, 0.2) is 0 Å². The molecular weight excluding hydrogens is 875 g/mol. The van der Waals surface area contributed by atoms with Gasteiger partial charge in [0, 0.05) is 55.6 Å². The van der Waals surface area contributed by atoms with Gasteiger partial charge in [0.05, 0.1) is 17.1 Å². The molecule has 11 rings (SSSR count). The molecule has 0 radical (unpaired) electrons. The van der Waals surface area contributed by atoms with Crippen molar-refractivity contribution in [3.63, 3.8) is 0 Å². The van der Waals surface area contributed by atoms with E-state index in [0.717, 1.165) is 72.3 Å². The second kappa shape index (κ2) is 19.5. The van der Waals surface area contributed by atoms with Crippen LogP contribution in [-0.4, -0.2) is 15.0 Å². The molecule has 0 aliphatic heterocycles. The second-order valence-corrected chi connectivity index (χ2v) is 20.1. The molecule has 4 nitrogen and oxygen atoms in total. The smallest absolute Gasteiger partial charge is 0.136 e. The molecule has 0 aliphatic carbocycles. The van der Waals surface area contributed by atoms with Crippen LogP contribution >= 0.6 is 0 Å². The van der Waals surface area contributed by atoms with Crippen molar-refractivity contribution in [2.75, 3.05) is 0 Å². The Hall–Kier alpha value is -8.21. The fraction of sp³-hybridized carbons (Fsp3) is 0.162. The van der Waals surface area contributed by atoms with Gasteiger partial charge in [-0.15, -0.1) is 0 Å². The number of benzene rings is 7. The first-order valence-corrected chi connectivity index (χ1v) is 24.6. The summed E-state index contributed by atoms with van der Waals surface area (Å²) in [5, 5.41) is 1.77. The van der Waals surface area contributed by atoms with Gasteiger partial charge in [0.1, 0.15) is 11.2 Å². The number of nitrogens with zero attached hydrogens (tertiary/aromatic N) is 3. The Labute approximate surface area is 434 Å². The van der Waals surface area contributed by atoms with Gasteiger partial charge in [0.2, 0.25) is 0 Å². The topological polar surface area (TPSA) is 51.8 Å². The number of aromatic nitrogens is 3. The molecule has 4 aromatic heterocycles. The fourth-order valence-electron chi connectivity index (χ4n) is 9.95. The van der Waals surface area contributed by atoms with Crippen molar-refractivity contribution >= 4 is 21.9 Å². The number of hydrogen-bond acceptors (Lipinski definition) is 4. The van der Waals surface area contributed by atoms with E-state index in [1.165, 1.54) is 12.3 Å². The first kappa shape index (κ1) is 38.5. The highest BCUT2D eigenvalue weighted by atomic mass is 16.3. The Bertz CT molecular complexity index is 3870. The predicted molar refractivity (Wildman–Crippen MR) is 299 cm³/mol.